The van der Waals surface area contributed by atoms with E-state index in [-0.39, 0.29) is 30.5 Å². The van der Waals surface area contributed by atoms with Crippen molar-refractivity contribution in [3.8, 4) is 0 Å². The number of benzene rings is 2. The molecule has 25 heavy (non-hydrogen) atoms. The molecule has 0 aromatic heterocycles. The first-order valence-electron chi connectivity index (χ1n) is 8.23. The van der Waals surface area contributed by atoms with E-state index in [9.17, 15) is 0 Å². The molecule has 4 rings (SSSR count). The van der Waals surface area contributed by atoms with Gasteiger partial charge in [0.05, 0.1) is 0 Å². The van der Waals surface area contributed by atoms with Gasteiger partial charge in [-0.05, 0) is 17.7 Å². The molecular weight excluding hydrogens is 355 g/mol. The fourth-order valence-electron chi connectivity index (χ4n) is 3.54. The Bertz CT molecular complexity index is 725. The normalized spacial score (nSPS) is 18.2. The minimum absolute atomic E-state index is 0. The van der Waals surface area contributed by atoms with Crippen molar-refractivity contribution in [2.24, 2.45) is 10.7 Å². The van der Waals surface area contributed by atoms with Crippen LogP contribution in [0.2, 0.25) is 0 Å². The SMILES string of the molecule is Cl.Cl.NC1=NC2(CCN(Cc3ccccc3)CC2)Nc2ccccc21. The number of para-hydroxylation sites is 1. The summed E-state index contributed by atoms with van der Waals surface area (Å²) in [6.07, 6.45) is 1.96. The number of nitrogens with two attached hydrogens (primary N) is 1. The highest BCUT2D eigenvalue weighted by Gasteiger charge is 2.37. The van der Waals surface area contributed by atoms with Gasteiger partial charge in [0.25, 0.3) is 0 Å². The number of piperidine rings is 1. The van der Waals surface area contributed by atoms with Gasteiger partial charge in [0.2, 0.25) is 0 Å². The Morgan fingerprint density at radius 3 is 2.32 bits per heavy atom. The van der Waals surface area contributed by atoms with Gasteiger partial charge in [0, 0.05) is 43.7 Å². The molecule has 1 fully saturated rings. The molecule has 0 atom stereocenters. The topological polar surface area (TPSA) is 53.6 Å². The van der Waals surface area contributed by atoms with Crippen LogP contribution >= 0.6 is 24.8 Å². The van der Waals surface area contributed by atoms with Gasteiger partial charge in [-0.3, -0.25) is 4.90 Å². The molecule has 1 saturated heterocycles. The third-order valence-electron chi connectivity index (χ3n) is 4.84. The zero-order valence-corrected chi connectivity index (χ0v) is 15.7. The molecular formula is C19H24Cl2N4. The van der Waals surface area contributed by atoms with Crippen LogP contribution < -0.4 is 11.1 Å². The number of rotatable bonds is 2. The van der Waals surface area contributed by atoms with Gasteiger partial charge in [-0.25, -0.2) is 4.99 Å². The first-order chi connectivity index (χ1) is 11.2. The van der Waals surface area contributed by atoms with Crippen molar-refractivity contribution in [3.63, 3.8) is 0 Å². The highest BCUT2D eigenvalue weighted by Crippen LogP contribution is 2.34. The van der Waals surface area contributed by atoms with Crippen molar-refractivity contribution in [2.75, 3.05) is 18.4 Å². The predicted octanol–water partition coefficient (Wildman–Crippen LogP) is 3.65. The largest absolute Gasteiger partial charge is 0.383 e. The third-order valence-corrected chi connectivity index (χ3v) is 4.84. The average molecular weight is 379 g/mol. The van der Waals surface area contributed by atoms with E-state index in [4.69, 9.17) is 10.7 Å². The van der Waals surface area contributed by atoms with Gasteiger partial charge < -0.3 is 11.1 Å². The Morgan fingerprint density at radius 2 is 1.60 bits per heavy atom. The summed E-state index contributed by atoms with van der Waals surface area (Å²) in [5.41, 5.74) is 9.47. The molecule has 2 aromatic carbocycles. The van der Waals surface area contributed by atoms with Crippen molar-refractivity contribution in [2.45, 2.75) is 25.0 Å². The Kier molecular flexibility index (Phi) is 6.33. The van der Waals surface area contributed by atoms with Crippen molar-refractivity contribution in [1.29, 1.82) is 0 Å². The lowest BCUT2D eigenvalue weighted by atomic mass is 9.93. The maximum Gasteiger partial charge on any atom is 0.134 e. The fraction of sp³-hybridized carbons (Fsp3) is 0.316. The summed E-state index contributed by atoms with van der Waals surface area (Å²) in [5.74, 6) is 0.663. The number of halogens is 2. The standard InChI is InChI=1S/C19H22N4.2ClH/c20-18-16-8-4-5-9-17(16)21-19(22-18)10-12-23(13-11-19)14-15-6-2-1-3-7-15;;/h1-9,21H,10-14H2,(H2,20,22);2*1H. The summed E-state index contributed by atoms with van der Waals surface area (Å²) < 4.78 is 0. The van der Waals surface area contributed by atoms with Crippen LogP contribution in [0.1, 0.15) is 24.0 Å². The minimum Gasteiger partial charge on any atom is -0.383 e. The summed E-state index contributed by atoms with van der Waals surface area (Å²) in [7, 11) is 0. The van der Waals surface area contributed by atoms with E-state index in [1.165, 1.54) is 5.56 Å². The molecule has 0 amide bonds. The summed E-state index contributed by atoms with van der Waals surface area (Å²) >= 11 is 0. The van der Waals surface area contributed by atoms with E-state index in [0.717, 1.165) is 43.7 Å². The van der Waals surface area contributed by atoms with Crippen LogP contribution in [-0.2, 0) is 6.54 Å². The second kappa shape index (κ2) is 8.09. The van der Waals surface area contributed by atoms with E-state index in [1.807, 2.05) is 18.2 Å². The molecule has 0 saturated carbocycles. The van der Waals surface area contributed by atoms with Gasteiger partial charge >= 0.3 is 0 Å². The number of nitrogens with zero attached hydrogens (tertiary/aromatic N) is 2. The lowest BCUT2D eigenvalue weighted by Crippen LogP contribution is -2.50. The number of hydrogen-bond donors (Lipinski definition) is 2. The Hall–Kier alpha value is -1.75. The maximum absolute atomic E-state index is 6.21. The van der Waals surface area contributed by atoms with E-state index >= 15 is 0 Å². The third kappa shape index (κ3) is 4.09. The maximum atomic E-state index is 6.21. The van der Waals surface area contributed by atoms with Crippen LogP contribution in [0.5, 0.6) is 0 Å². The molecule has 2 aliphatic rings. The number of anilines is 1. The van der Waals surface area contributed by atoms with Gasteiger partial charge in [0.1, 0.15) is 11.5 Å². The smallest absolute Gasteiger partial charge is 0.134 e. The van der Waals surface area contributed by atoms with Crippen LogP contribution in [0, 0.1) is 0 Å². The molecule has 3 N–H and O–H groups in total. The van der Waals surface area contributed by atoms with Gasteiger partial charge in [-0.2, -0.15) is 0 Å². The highest BCUT2D eigenvalue weighted by atomic mass is 35.5. The molecule has 0 aliphatic carbocycles. The molecule has 134 valence electrons. The van der Waals surface area contributed by atoms with Gasteiger partial charge in [0.15, 0.2) is 0 Å². The number of fused-ring (bicyclic) bond motifs is 1. The first-order valence-corrected chi connectivity index (χ1v) is 8.23. The zero-order chi connectivity index (χ0) is 15.7. The molecule has 0 unspecified atom stereocenters. The average Bonchev–Trinajstić information content (AvgIpc) is 2.58. The van der Waals surface area contributed by atoms with Crippen LogP contribution in [0.15, 0.2) is 59.6 Å². The fourth-order valence-corrected chi connectivity index (χ4v) is 3.54. The van der Waals surface area contributed by atoms with Gasteiger partial charge in [-0.15, -0.1) is 24.8 Å². The predicted molar refractivity (Wildman–Crippen MR) is 109 cm³/mol. The molecule has 2 aliphatic heterocycles. The Morgan fingerprint density at radius 1 is 0.960 bits per heavy atom. The molecule has 2 heterocycles. The van der Waals surface area contributed by atoms with Crippen molar-refractivity contribution in [1.82, 2.24) is 4.90 Å². The van der Waals surface area contributed by atoms with E-state index in [0.29, 0.717) is 5.84 Å². The van der Waals surface area contributed by atoms with Crippen LogP contribution in [0.4, 0.5) is 5.69 Å². The number of likely N-dealkylation sites (tertiary alicyclic amines) is 1. The summed E-state index contributed by atoms with van der Waals surface area (Å²) in [6, 6.07) is 18.8. The quantitative estimate of drug-likeness (QED) is 0.838. The molecule has 0 radical (unpaired) electrons. The van der Waals surface area contributed by atoms with Gasteiger partial charge in [-0.1, -0.05) is 42.5 Å². The van der Waals surface area contributed by atoms with Crippen LogP contribution in [-0.4, -0.2) is 29.5 Å². The number of aliphatic imine (C=N–C) groups is 1. The molecule has 2 aromatic rings. The molecule has 6 heteroatoms. The summed E-state index contributed by atoms with van der Waals surface area (Å²) in [4.78, 5) is 7.31. The van der Waals surface area contributed by atoms with Crippen molar-refractivity contribution in [3.05, 3.63) is 65.7 Å². The lowest BCUT2D eigenvalue weighted by molar-refractivity contribution is 0.170. The lowest BCUT2D eigenvalue weighted by Gasteiger charge is -2.42. The van der Waals surface area contributed by atoms with Crippen LogP contribution in [0.3, 0.4) is 0 Å². The molecule has 1 spiro atoms. The highest BCUT2D eigenvalue weighted by molar-refractivity contribution is 6.04. The Labute approximate surface area is 161 Å². The minimum atomic E-state index is -0.231. The number of nitrogens with one attached hydrogen (secondary N) is 1. The number of hydrogen-bond acceptors (Lipinski definition) is 4. The van der Waals surface area contributed by atoms with Crippen molar-refractivity contribution < 1.29 is 0 Å². The molecule has 0 bridgehead atoms. The van der Waals surface area contributed by atoms with E-state index in [2.05, 4.69) is 46.6 Å². The first kappa shape index (κ1) is 19.6. The van der Waals surface area contributed by atoms with Crippen molar-refractivity contribution >= 4 is 36.3 Å². The van der Waals surface area contributed by atoms with E-state index in [1.54, 1.807) is 0 Å². The monoisotopic (exact) mass is 378 g/mol. The Balaban J connectivity index is 0.00000113. The van der Waals surface area contributed by atoms with Crippen LogP contribution in [0.25, 0.3) is 0 Å². The molecule has 4 nitrogen and oxygen atoms in total. The summed E-state index contributed by atoms with van der Waals surface area (Å²) in [6.45, 7) is 3.06. The van der Waals surface area contributed by atoms with E-state index < -0.39 is 0 Å². The second-order valence-corrected chi connectivity index (χ2v) is 6.46. The number of amidine groups is 1. The summed E-state index contributed by atoms with van der Waals surface area (Å²) in [5, 5.41) is 3.63. The second-order valence-electron chi connectivity index (χ2n) is 6.46. The zero-order valence-electron chi connectivity index (χ0n) is 14.0.